The first-order valence-corrected chi connectivity index (χ1v) is 10.3. The molecule has 0 aromatic rings. The highest BCUT2D eigenvalue weighted by molar-refractivity contribution is 5.72. The number of nitrogens with one attached hydrogen (secondary N) is 2. The molecule has 0 spiro atoms. The fourth-order valence-corrected chi connectivity index (χ4v) is 3.80. The minimum Gasteiger partial charge on any atom is -0.338 e. The van der Waals surface area contributed by atoms with E-state index < -0.39 is 0 Å². The predicted octanol–water partition coefficient (Wildman–Crippen LogP) is 4.79. The number of amides is 1. The van der Waals surface area contributed by atoms with Gasteiger partial charge in [0.1, 0.15) is 6.20 Å². The monoisotopic (exact) mass is 350 g/mol. The molecule has 0 saturated carbocycles. The summed E-state index contributed by atoms with van der Waals surface area (Å²) in [6, 6.07) is 0. The molecule has 1 aliphatic heterocycles. The van der Waals surface area contributed by atoms with E-state index in [9.17, 15) is 4.79 Å². The van der Waals surface area contributed by atoms with Gasteiger partial charge in [-0.3, -0.25) is 9.28 Å². The lowest BCUT2D eigenvalue weighted by atomic mass is 10.1. The normalized spacial score (nSPS) is 23.8. The summed E-state index contributed by atoms with van der Waals surface area (Å²) in [7, 11) is 0. The SMILES string of the molecule is CCCCCCC/C=C/CCCC1NC=C[N+]1(CC)C(C)NC(C)=O. The van der Waals surface area contributed by atoms with Gasteiger partial charge in [-0.05, 0) is 32.6 Å². The van der Waals surface area contributed by atoms with Crippen LogP contribution in [0.4, 0.5) is 0 Å². The second kappa shape index (κ2) is 12.1. The first kappa shape index (κ1) is 21.8. The Balaban J connectivity index is 2.30. The Morgan fingerprint density at radius 2 is 1.84 bits per heavy atom. The molecule has 0 fully saturated rings. The number of carbonyl (C=O) groups is 1. The van der Waals surface area contributed by atoms with E-state index in [0.29, 0.717) is 6.17 Å². The third-order valence-electron chi connectivity index (χ3n) is 5.39. The Hall–Kier alpha value is -1.29. The Morgan fingerprint density at radius 3 is 2.48 bits per heavy atom. The van der Waals surface area contributed by atoms with Gasteiger partial charge in [-0.25, -0.2) is 0 Å². The Kier molecular flexibility index (Phi) is 10.6. The molecule has 0 radical (unpaired) electrons. The zero-order chi connectivity index (χ0) is 18.5. The quantitative estimate of drug-likeness (QED) is 0.285. The molecule has 1 heterocycles. The molecule has 0 aromatic heterocycles. The molecule has 4 heteroatoms. The van der Waals surface area contributed by atoms with E-state index in [2.05, 4.69) is 56.0 Å². The largest absolute Gasteiger partial charge is 0.338 e. The van der Waals surface area contributed by atoms with E-state index in [1.54, 1.807) is 6.92 Å². The summed E-state index contributed by atoms with van der Waals surface area (Å²) in [6.45, 7) is 9.13. The fourth-order valence-electron chi connectivity index (χ4n) is 3.80. The van der Waals surface area contributed by atoms with Crippen molar-refractivity contribution in [2.24, 2.45) is 0 Å². The van der Waals surface area contributed by atoms with Crippen molar-refractivity contribution in [2.75, 3.05) is 6.54 Å². The van der Waals surface area contributed by atoms with Gasteiger partial charge >= 0.3 is 0 Å². The maximum atomic E-state index is 11.4. The van der Waals surface area contributed by atoms with Crippen LogP contribution in [0.2, 0.25) is 0 Å². The standard InChI is InChI=1S/C21H39N3O/c1-5-7-8-9-10-11-12-13-14-15-16-21-22-17-18-24(21,6-2)19(3)23-20(4)25/h12-13,17-19,21-22H,5-11,14-16H2,1-4H3/p+1/b13-12+. The fraction of sp³-hybridized carbons (Fsp3) is 0.762. The second-order valence-corrected chi connectivity index (χ2v) is 7.29. The van der Waals surface area contributed by atoms with Crippen molar-refractivity contribution in [3.8, 4) is 0 Å². The van der Waals surface area contributed by atoms with Crippen LogP contribution in [0.25, 0.3) is 0 Å². The van der Waals surface area contributed by atoms with E-state index in [1.807, 2.05) is 0 Å². The summed E-state index contributed by atoms with van der Waals surface area (Å²) < 4.78 is 0.792. The molecule has 1 amide bonds. The smallest absolute Gasteiger partial charge is 0.221 e. The highest BCUT2D eigenvalue weighted by atomic mass is 16.1. The molecule has 0 saturated heterocycles. The molecule has 3 unspecified atom stereocenters. The summed E-state index contributed by atoms with van der Waals surface area (Å²) in [5.41, 5.74) is 0. The van der Waals surface area contributed by atoms with Gasteiger partial charge in [0.25, 0.3) is 0 Å². The van der Waals surface area contributed by atoms with Gasteiger partial charge in [0, 0.05) is 20.3 Å². The van der Waals surface area contributed by atoms with Crippen LogP contribution in [0.15, 0.2) is 24.6 Å². The van der Waals surface area contributed by atoms with Crippen LogP contribution in [-0.2, 0) is 4.79 Å². The van der Waals surface area contributed by atoms with Crippen molar-refractivity contribution in [1.82, 2.24) is 10.6 Å². The van der Waals surface area contributed by atoms with Gasteiger partial charge in [-0.1, -0.05) is 44.8 Å². The number of hydrogen-bond acceptors (Lipinski definition) is 2. The topological polar surface area (TPSA) is 41.1 Å². The van der Waals surface area contributed by atoms with Crippen LogP contribution in [0.1, 0.15) is 85.5 Å². The number of hydrogen-bond donors (Lipinski definition) is 2. The molecule has 25 heavy (non-hydrogen) atoms. The Morgan fingerprint density at radius 1 is 1.16 bits per heavy atom. The maximum absolute atomic E-state index is 11.4. The predicted molar refractivity (Wildman–Crippen MR) is 107 cm³/mol. The highest BCUT2D eigenvalue weighted by Gasteiger charge is 2.41. The summed E-state index contributed by atoms with van der Waals surface area (Å²) in [4.78, 5) is 11.4. The van der Waals surface area contributed by atoms with Crippen molar-refractivity contribution in [3.05, 3.63) is 24.6 Å². The van der Waals surface area contributed by atoms with Crippen molar-refractivity contribution in [2.45, 2.75) is 97.8 Å². The number of unbranched alkanes of at least 4 members (excludes halogenated alkanes) is 6. The average Bonchev–Trinajstić information content (AvgIpc) is 3.00. The number of nitrogens with zero attached hydrogens (tertiary/aromatic N) is 1. The van der Waals surface area contributed by atoms with Gasteiger partial charge in [0.2, 0.25) is 5.91 Å². The number of allylic oxidation sites excluding steroid dienone is 2. The first-order chi connectivity index (χ1) is 12.1. The first-order valence-electron chi connectivity index (χ1n) is 10.3. The van der Waals surface area contributed by atoms with Crippen molar-refractivity contribution >= 4 is 5.91 Å². The molecule has 1 aliphatic rings. The zero-order valence-corrected chi connectivity index (χ0v) is 16.9. The summed E-state index contributed by atoms with van der Waals surface area (Å²) in [6.07, 6.45) is 20.8. The van der Waals surface area contributed by atoms with E-state index in [4.69, 9.17) is 0 Å². The minimum atomic E-state index is 0.0411. The highest BCUT2D eigenvalue weighted by Crippen LogP contribution is 2.25. The Bertz CT molecular complexity index is 433. The van der Waals surface area contributed by atoms with Crippen LogP contribution < -0.4 is 10.6 Å². The molecular weight excluding hydrogens is 310 g/mol. The van der Waals surface area contributed by atoms with Gasteiger partial charge in [0.15, 0.2) is 12.3 Å². The maximum Gasteiger partial charge on any atom is 0.221 e. The minimum absolute atomic E-state index is 0.0411. The van der Waals surface area contributed by atoms with Gasteiger partial charge < -0.3 is 10.6 Å². The number of rotatable bonds is 13. The molecular formula is C21H40N3O+. The number of quaternary nitrogens is 1. The average molecular weight is 351 g/mol. The van der Waals surface area contributed by atoms with E-state index in [1.165, 1.54) is 44.9 Å². The van der Waals surface area contributed by atoms with Crippen LogP contribution in [0.3, 0.4) is 0 Å². The van der Waals surface area contributed by atoms with Crippen LogP contribution in [0, 0.1) is 0 Å². The van der Waals surface area contributed by atoms with Crippen molar-refractivity contribution in [1.29, 1.82) is 0 Å². The third-order valence-corrected chi connectivity index (χ3v) is 5.39. The lowest BCUT2D eigenvalue weighted by molar-refractivity contribution is -0.923. The summed E-state index contributed by atoms with van der Waals surface area (Å²) in [5, 5.41) is 6.57. The summed E-state index contributed by atoms with van der Waals surface area (Å²) in [5.74, 6) is 0.0411. The molecule has 144 valence electrons. The lowest BCUT2D eigenvalue weighted by Gasteiger charge is -2.41. The summed E-state index contributed by atoms with van der Waals surface area (Å²) >= 11 is 0. The van der Waals surface area contributed by atoms with Gasteiger partial charge in [0.05, 0.1) is 12.7 Å². The van der Waals surface area contributed by atoms with E-state index in [0.717, 1.165) is 23.9 Å². The van der Waals surface area contributed by atoms with Crippen LogP contribution >= 0.6 is 0 Å². The molecule has 4 nitrogen and oxygen atoms in total. The van der Waals surface area contributed by atoms with Crippen LogP contribution in [-0.4, -0.2) is 29.3 Å². The molecule has 1 rings (SSSR count). The van der Waals surface area contributed by atoms with Crippen LogP contribution in [0.5, 0.6) is 0 Å². The van der Waals surface area contributed by atoms with E-state index in [-0.39, 0.29) is 12.1 Å². The molecule has 0 aromatic carbocycles. The van der Waals surface area contributed by atoms with E-state index >= 15 is 0 Å². The number of carbonyl (C=O) groups excluding carboxylic acids is 1. The molecule has 0 bridgehead atoms. The second-order valence-electron chi connectivity index (χ2n) is 7.29. The van der Waals surface area contributed by atoms with Gasteiger partial charge in [-0.2, -0.15) is 0 Å². The zero-order valence-electron chi connectivity index (χ0n) is 16.9. The van der Waals surface area contributed by atoms with Gasteiger partial charge in [-0.15, -0.1) is 0 Å². The van der Waals surface area contributed by atoms with Crippen molar-refractivity contribution < 1.29 is 9.28 Å². The van der Waals surface area contributed by atoms with Crippen molar-refractivity contribution in [3.63, 3.8) is 0 Å². The molecule has 2 N–H and O–H groups in total. The Labute approximate surface area is 155 Å². The molecule has 0 aliphatic carbocycles. The third kappa shape index (κ3) is 7.23. The molecule has 3 atom stereocenters. The lowest BCUT2D eigenvalue weighted by Crippen LogP contribution is -2.62.